The van der Waals surface area contributed by atoms with Crippen LogP contribution in [0.5, 0.6) is 0 Å². The molecule has 0 saturated carbocycles. The summed E-state index contributed by atoms with van der Waals surface area (Å²) >= 11 is 0. The minimum Gasteiger partial charge on any atom is -0.385 e. The molecule has 0 aliphatic rings. The van der Waals surface area contributed by atoms with Crippen LogP contribution in [0, 0.1) is 0 Å². The molecule has 0 bridgehead atoms. The molecule has 0 radical (unpaired) electrons. The fraction of sp³-hybridized carbons (Fsp3) is 0.455. The van der Waals surface area contributed by atoms with Crippen molar-refractivity contribution >= 4 is 15.5 Å². The van der Waals surface area contributed by atoms with E-state index in [4.69, 9.17) is 0 Å². The zero-order chi connectivity index (χ0) is 11.3. The van der Waals surface area contributed by atoms with Crippen molar-refractivity contribution < 1.29 is 8.42 Å². The zero-order valence-electron chi connectivity index (χ0n) is 9.16. The van der Waals surface area contributed by atoms with Crippen molar-refractivity contribution in [3.8, 4) is 0 Å². The number of rotatable bonds is 5. The Hall–Kier alpha value is -1.03. The Morgan fingerprint density at radius 3 is 2.20 bits per heavy atom. The van der Waals surface area contributed by atoms with Crippen LogP contribution in [0.1, 0.15) is 20.3 Å². The van der Waals surface area contributed by atoms with Gasteiger partial charge in [0.25, 0.3) is 0 Å². The Bertz CT molecular complexity index is 395. The molecule has 1 aromatic rings. The quantitative estimate of drug-likeness (QED) is 0.839. The van der Waals surface area contributed by atoms with E-state index >= 15 is 0 Å². The maximum Gasteiger partial charge on any atom is 0.178 e. The van der Waals surface area contributed by atoms with Crippen LogP contribution in [0.2, 0.25) is 0 Å². The van der Waals surface area contributed by atoms with Gasteiger partial charge in [0.1, 0.15) is 0 Å². The van der Waals surface area contributed by atoms with Gasteiger partial charge in [-0.2, -0.15) is 0 Å². The average Bonchev–Trinajstić information content (AvgIpc) is 2.19. The van der Waals surface area contributed by atoms with Crippen LogP contribution >= 0.6 is 0 Å². The molecule has 4 heteroatoms. The van der Waals surface area contributed by atoms with Gasteiger partial charge in [0.2, 0.25) is 0 Å². The Morgan fingerprint density at radius 1 is 1.13 bits per heavy atom. The molecular formula is C11H17NO2S. The van der Waals surface area contributed by atoms with Crippen molar-refractivity contribution in [3.63, 3.8) is 0 Å². The maximum atomic E-state index is 11.7. The average molecular weight is 227 g/mol. The van der Waals surface area contributed by atoms with Crippen molar-refractivity contribution in [2.75, 3.05) is 17.6 Å². The summed E-state index contributed by atoms with van der Waals surface area (Å²) in [6, 6.07) is 6.91. The number of anilines is 1. The van der Waals surface area contributed by atoms with E-state index in [-0.39, 0.29) is 5.75 Å². The molecule has 1 rings (SSSR count). The Morgan fingerprint density at radius 2 is 1.73 bits per heavy atom. The van der Waals surface area contributed by atoms with Gasteiger partial charge in [-0.05, 0) is 37.6 Å². The SMILES string of the molecule is CCCS(=O)(=O)c1ccc(NCC)cc1. The van der Waals surface area contributed by atoms with Gasteiger partial charge in [0, 0.05) is 12.2 Å². The summed E-state index contributed by atoms with van der Waals surface area (Å²) in [5.41, 5.74) is 0.952. The molecule has 0 fully saturated rings. The lowest BCUT2D eigenvalue weighted by Crippen LogP contribution is -2.06. The first-order valence-electron chi connectivity index (χ1n) is 5.17. The first kappa shape index (κ1) is 12.0. The third-order valence-corrected chi connectivity index (χ3v) is 4.00. The van der Waals surface area contributed by atoms with Crippen molar-refractivity contribution in [2.45, 2.75) is 25.2 Å². The molecule has 1 aromatic carbocycles. The molecule has 1 N–H and O–H groups in total. The summed E-state index contributed by atoms with van der Waals surface area (Å²) in [4.78, 5) is 0.408. The van der Waals surface area contributed by atoms with Gasteiger partial charge in [-0.25, -0.2) is 8.42 Å². The summed E-state index contributed by atoms with van der Waals surface area (Å²) < 4.78 is 23.4. The Kier molecular flexibility index (Phi) is 4.15. The van der Waals surface area contributed by atoms with Gasteiger partial charge in [-0.15, -0.1) is 0 Å². The lowest BCUT2D eigenvalue weighted by atomic mass is 10.3. The monoisotopic (exact) mass is 227 g/mol. The molecule has 0 amide bonds. The van der Waals surface area contributed by atoms with E-state index in [2.05, 4.69) is 5.32 Å². The molecule has 0 atom stereocenters. The third-order valence-electron chi connectivity index (χ3n) is 2.07. The Labute approximate surface area is 91.4 Å². The molecule has 0 unspecified atom stereocenters. The molecule has 3 nitrogen and oxygen atoms in total. The normalized spacial score (nSPS) is 11.3. The summed E-state index contributed by atoms with van der Waals surface area (Å²) in [6.45, 7) is 4.70. The molecule has 15 heavy (non-hydrogen) atoms. The highest BCUT2D eigenvalue weighted by Gasteiger charge is 2.12. The summed E-state index contributed by atoms with van der Waals surface area (Å²) in [6.07, 6.45) is 0.650. The third kappa shape index (κ3) is 3.23. The number of nitrogens with one attached hydrogen (secondary N) is 1. The van der Waals surface area contributed by atoms with Crippen LogP contribution in [-0.4, -0.2) is 20.7 Å². The number of hydrogen-bond acceptors (Lipinski definition) is 3. The van der Waals surface area contributed by atoms with Gasteiger partial charge < -0.3 is 5.32 Å². The van der Waals surface area contributed by atoms with Crippen LogP contribution in [0.4, 0.5) is 5.69 Å². The highest BCUT2D eigenvalue weighted by atomic mass is 32.2. The molecule has 0 aromatic heterocycles. The van der Waals surface area contributed by atoms with E-state index in [0.717, 1.165) is 12.2 Å². The van der Waals surface area contributed by atoms with Crippen LogP contribution in [0.15, 0.2) is 29.2 Å². The minimum atomic E-state index is -3.07. The largest absolute Gasteiger partial charge is 0.385 e. The number of benzene rings is 1. The minimum absolute atomic E-state index is 0.216. The van der Waals surface area contributed by atoms with E-state index in [9.17, 15) is 8.42 Å². The van der Waals surface area contributed by atoms with Crippen molar-refractivity contribution in [3.05, 3.63) is 24.3 Å². The van der Waals surface area contributed by atoms with Gasteiger partial charge >= 0.3 is 0 Å². The molecule has 0 aliphatic carbocycles. The molecule has 0 heterocycles. The smallest absolute Gasteiger partial charge is 0.178 e. The number of sulfone groups is 1. The lowest BCUT2D eigenvalue weighted by molar-refractivity contribution is 0.595. The van der Waals surface area contributed by atoms with Gasteiger partial charge in [-0.3, -0.25) is 0 Å². The lowest BCUT2D eigenvalue weighted by Gasteiger charge is -2.05. The fourth-order valence-corrected chi connectivity index (χ4v) is 2.69. The van der Waals surface area contributed by atoms with E-state index in [0.29, 0.717) is 11.3 Å². The van der Waals surface area contributed by atoms with Gasteiger partial charge in [0.05, 0.1) is 10.6 Å². The second-order valence-corrected chi connectivity index (χ2v) is 5.48. The summed E-state index contributed by atoms with van der Waals surface area (Å²) in [5.74, 6) is 0.216. The van der Waals surface area contributed by atoms with E-state index in [1.807, 2.05) is 13.8 Å². The molecule has 0 aliphatic heterocycles. The molecule has 0 spiro atoms. The predicted octanol–water partition coefficient (Wildman–Crippen LogP) is 2.30. The van der Waals surface area contributed by atoms with E-state index < -0.39 is 9.84 Å². The second kappa shape index (κ2) is 5.16. The maximum absolute atomic E-state index is 11.7. The molecule has 84 valence electrons. The first-order chi connectivity index (χ1) is 7.10. The zero-order valence-corrected chi connectivity index (χ0v) is 9.97. The van der Waals surface area contributed by atoms with Crippen LogP contribution in [-0.2, 0) is 9.84 Å². The van der Waals surface area contributed by atoms with Crippen LogP contribution < -0.4 is 5.32 Å². The fourth-order valence-electron chi connectivity index (χ4n) is 1.37. The van der Waals surface area contributed by atoms with Crippen molar-refractivity contribution in [1.29, 1.82) is 0 Å². The Balaban J connectivity index is 2.89. The second-order valence-electron chi connectivity index (χ2n) is 3.37. The van der Waals surface area contributed by atoms with Gasteiger partial charge in [-0.1, -0.05) is 6.92 Å². The van der Waals surface area contributed by atoms with E-state index in [1.54, 1.807) is 24.3 Å². The highest BCUT2D eigenvalue weighted by molar-refractivity contribution is 7.91. The predicted molar refractivity (Wildman–Crippen MR) is 62.9 cm³/mol. The standard InChI is InChI=1S/C11H17NO2S/c1-3-9-15(13,14)11-7-5-10(6-8-11)12-4-2/h5-8,12H,3-4,9H2,1-2H3. The molecular weight excluding hydrogens is 210 g/mol. The summed E-state index contributed by atoms with van der Waals surface area (Å²) in [5, 5.41) is 3.12. The van der Waals surface area contributed by atoms with Crippen molar-refractivity contribution in [2.24, 2.45) is 0 Å². The number of hydrogen-bond donors (Lipinski definition) is 1. The highest BCUT2D eigenvalue weighted by Crippen LogP contribution is 2.15. The topological polar surface area (TPSA) is 46.2 Å². The van der Waals surface area contributed by atoms with Crippen LogP contribution in [0.3, 0.4) is 0 Å². The first-order valence-corrected chi connectivity index (χ1v) is 6.82. The van der Waals surface area contributed by atoms with Gasteiger partial charge in [0.15, 0.2) is 9.84 Å². The summed E-state index contributed by atoms with van der Waals surface area (Å²) in [7, 11) is -3.07. The van der Waals surface area contributed by atoms with Crippen molar-refractivity contribution in [1.82, 2.24) is 0 Å². The van der Waals surface area contributed by atoms with E-state index in [1.165, 1.54) is 0 Å². The van der Waals surface area contributed by atoms with Crippen LogP contribution in [0.25, 0.3) is 0 Å². The molecule has 0 saturated heterocycles.